The maximum atomic E-state index is 13.1. The number of aromatic hydroxyl groups is 1. The molecule has 0 bridgehead atoms. The molecule has 1 aromatic carbocycles. The Morgan fingerprint density at radius 3 is 2.28 bits per heavy atom. The van der Waals surface area contributed by atoms with Gasteiger partial charge in [-0.1, -0.05) is 29.5 Å². The summed E-state index contributed by atoms with van der Waals surface area (Å²) >= 11 is 1.10. The summed E-state index contributed by atoms with van der Waals surface area (Å²) in [7, 11) is 2.74. The van der Waals surface area contributed by atoms with Gasteiger partial charge in [-0.15, -0.1) is 0 Å². The molecule has 0 spiro atoms. The molecule has 1 fully saturated rings. The van der Waals surface area contributed by atoms with Gasteiger partial charge in [0.25, 0.3) is 5.56 Å². The summed E-state index contributed by atoms with van der Waals surface area (Å²) in [6.07, 6.45) is 3.03. The number of carbonyl (C=O) groups is 1. The van der Waals surface area contributed by atoms with Crippen LogP contribution >= 0.6 is 11.8 Å². The van der Waals surface area contributed by atoms with Crippen molar-refractivity contribution in [3.8, 4) is 5.88 Å². The summed E-state index contributed by atoms with van der Waals surface area (Å²) in [5.74, 6) is -0.429. The highest BCUT2D eigenvalue weighted by atomic mass is 32.2. The van der Waals surface area contributed by atoms with Gasteiger partial charge in [0.1, 0.15) is 10.6 Å². The molecule has 2 heterocycles. The lowest BCUT2D eigenvalue weighted by molar-refractivity contribution is -0.134. The number of amides is 1. The summed E-state index contributed by atoms with van der Waals surface area (Å²) < 4.78 is 1.93. The van der Waals surface area contributed by atoms with Crippen LogP contribution in [0.1, 0.15) is 44.2 Å². The number of benzene rings is 1. The minimum Gasteiger partial charge on any atom is -0.494 e. The molecule has 172 valence electrons. The Hall–Kier alpha value is -2.81. The zero-order chi connectivity index (χ0) is 23.6. The van der Waals surface area contributed by atoms with Gasteiger partial charge in [-0.2, -0.15) is 0 Å². The maximum absolute atomic E-state index is 13.1. The largest absolute Gasteiger partial charge is 0.494 e. The molecule has 2 aromatic rings. The highest BCUT2D eigenvalue weighted by molar-refractivity contribution is 8.15. The second-order valence-electron chi connectivity index (χ2n) is 8.38. The van der Waals surface area contributed by atoms with Gasteiger partial charge in [-0.3, -0.25) is 18.7 Å². The Morgan fingerprint density at radius 1 is 1.09 bits per heavy atom. The Labute approximate surface area is 191 Å². The van der Waals surface area contributed by atoms with Crippen LogP contribution in [0.4, 0.5) is 5.69 Å². The molecule has 0 saturated carbocycles. The first-order valence-corrected chi connectivity index (χ1v) is 11.7. The fourth-order valence-electron chi connectivity index (χ4n) is 4.04. The number of rotatable bonds is 4. The first kappa shape index (κ1) is 23.8. The summed E-state index contributed by atoms with van der Waals surface area (Å²) in [6.45, 7) is 6.06. The molecule has 1 N–H and O–H groups in total. The van der Waals surface area contributed by atoms with Crippen LogP contribution in [0.5, 0.6) is 5.88 Å². The molecule has 1 saturated heterocycles. The number of piperidine rings is 1. The van der Waals surface area contributed by atoms with Crippen molar-refractivity contribution in [1.82, 2.24) is 14.0 Å². The van der Waals surface area contributed by atoms with Crippen LogP contribution in [0.2, 0.25) is 0 Å². The van der Waals surface area contributed by atoms with Crippen LogP contribution in [-0.4, -0.2) is 47.9 Å². The molecular formula is C23H30N4O4S. The van der Waals surface area contributed by atoms with Gasteiger partial charge in [-0.25, -0.2) is 9.79 Å². The van der Waals surface area contributed by atoms with Crippen molar-refractivity contribution >= 4 is 28.4 Å². The summed E-state index contributed by atoms with van der Waals surface area (Å²) in [4.78, 5) is 44.6. The smallest absolute Gasteiger partial charge is 0.333 e. The van der Waals surface area contributed by atoms with Gasteiger partial charge >= 0.3 is 5.69 Å². The number of likely N-dealkylation sites (tertiary alicyclic amines) is 1. The van der Waals surface area contributed by atoms with Crippen LogP contribution in [0.25, 0.3) is 0 Å². The van der Waals surface area contributed by atoms with Crippen LogP contribution in [0, 0.1) is 6.92 Å². The molecule has 8 nitrogen and oxygen atoms in total. The molecule has 0 unspecified atom stereocenters. The predicted octanol–water partition coefficient (Wildman–Crippen LogP) is 2.70. The molecule has 0 aliphatic carbocycles. The second-order valence-corrected chi connectivity index (χ2v) is 9.34. The van der Waals surface area contributed by atoms with Gasteiger partial charge in [0.05, 0.1) is 11.4 Å². The first-order chi connectivity index (χ1) is 15.1. The van der Waals surface area contributed by atoms with Crippen molar-refractivity contribution in [2.24, 2.45) is 19.1 Å². The zero-order valence-corrected chi connectivity index (χ0v) is 20.0. The lowest BCUT2D eigenvalue weighted by Gasteiger charge is -2.39. The number of hydrogen-bond acceptors (Lipinski definition) is 6. The number of aryl methyl sites for hydroxylation is 1. The van der Waals surface area contributed by atoms with E-state index in [1.807, 2.05) is 37.8 Å². The van der Waals surface area contributed by atoms with Gasteiger partial charge in [-0.05, 0) is 52.2 Å². The number of carbonyl (C=O) groups excluding carboxylic acids is 1. The van der Waals surface area contributed by atoms with Crippen LogP contribution < -0.4 is 11.2 Å². The molecule has 2 atom stereocenters. The van der Waals surface area contributed by atoms with Crippen LogP contribution in [-0.2, 0) is 18.9 Å². The van der Waals surface area contributed by atoms with Gasteiger partial charge in [0.2, 0.25) is 11.8 Å². The van der Waals surface area contributed by atoms with E-state index >= 15 is 0 Å². The van der Waals surface area contributed by atoms with Crippen molar-refractivity contribution in [3.05, 3.63) is 56.2 Å². The van der Waals surface area contributed by atoms with E-state index in [2.05, 4.69) is 4.99 Å². The SMILES string of the molecule is Cc1ccc(N=C(SCC(=O)N2[C@@H](C)CCC[C@@H]2C)c2c(O)n(C)c(=O)n(C)c2=O)cc1. The third kappa shape index (κ3) is 4.82. The fraction of sp³-hybridized carbons (Fsp3) is 0.478. The predicted molar refractivity (Wildman–Crippen MR) is 128 cm³/mol. The Kier molecular flexibility index (Phi) is 7.28. The average Bonchev–Trinajstić information content (AvgIpc) is 2.76. The quantitative estimate of drug-likeness (QED) is 0.561. The minimum absolute atomic E-state index is 0.0348. The minimum atomic E-state index is -0.656. The van der Waals surface area contributed by atoms with E-state index in [9.17, 15) is 19.5 Å². The Balaban J connectivity index is 2.02. The number of nitrogens with zero attached hydrogens (tertiary/aromatic N) is 4. The molecule has 32 heavy (non-hydrogen) atoms. The van der Waals surface area contributed by atoms with Crippen molar-refractivity contribution in [2.45, 2.75) is 52.1 Å². The number of hydrogen-bond donors (Lipinski definition) is 1. The molecule has 1 aromatic heterocycles. The van der Waals surface area contributed by atoms with Crippen LogP contribution in [0.15, 0.2) is 38.8 Å². The molecule has 0 radical (unpaired) electrons. The van der Waals surface area contributed by atoms with E-state index in [1.165, 1.54) is 14.1 Å². The van der Waals surface area contributed by atoms with Gasteiger partial charge in [0, 0.05) is 26.2 Å². The molecule has 1 aliphatic rings. The average molecular weight is 459 g/mol. The molecule has 1 aliphatic heterocycles. The lowest BCUT2D eigenvalue weighted by atomic mass is 9.98. The summed E-state index contributed by atoms with van der Waals surface area (Å²) in [5.41, 5.74) is 0.259. The molecule has 3 rings (SSSR count). The van der Waals surface area contributed by atoms with Gasteiger partial charge in [0.15, 0.2) is 0 Å². The van der Waals surface area contributed by atoms with E-state index < -0.39 is 17.1 Å². The van der Waals surface area contributed by atoms with Crippen molar-refractivity contribution in [2.75, 3.05) is 5.75 Å². The van der Waals surface area contributed by atoms with E-state index in [1.54, 1.807) is 12.1 Å². The third-order valence-electron chi connectivity index (χ3n) is 5.93. The lowest BCUT2D eigenvalue weighted by Crippen LogP contribution is -2.48. The van der Waals surface area contributed by atoms with Gasteiger partial charge < -0.3 is 10.0 Å². The normalized spacial score (nSPS) is 19.3. The van der Waals surface area contributed by atoms with Crippen molar-refractivity contribution in [3.63, 3.8) is 0 Å². The fourth-order valence-corrected chi connectivity index (χ4v) is 4.94. The summed E-state index contributed by atoms with van der Waals surface area (Å²) in [6, 6.07) is 7.70. The first-order valence-electron chi connectivity index (χ1n) is 10.7. The van der Waals surface area contributed by atoms with Crippen molar-refractivity contribution < 1.29 is 9.90 Å². The maximum Gasteiger partial charge on any atom is 0.333 e. The highest BCUT2D eigenvalue weighted by Gasteiger charge is 2.30. The number of aliphatic imine (C=N–C) groups is 1. The van der Waals surface area contributed by atoms with E-state index in [0.29, 0.717) is 5.69 Å². The Morgan fingerprint density at radius 2 is 1.69 bits per heavy atom. The summed E-state index contributed by atoms with van der Waals surface area (Å²) in [5, 5.41) is 10.8. The van der Waals surface area contributed by atoms with Crippen LogP contribution in [0.3, 0.4) is 0 Å². The third-order valence-corrected chi connectivity index (χ3v) is 6.89. The highest BCUT2D eigenvalue weighted by Crippen LogP contribution is 2.26. The number of thioether (sulfide) groups is 1. The monoisotopic (exact) mass is 458 g/mol. The topological polar surface area (TPSA) is 96.9 Å². The Bertz CT molecular complexity index is 1140. The second kappa shape index (κ2) is 9.77. The zero-order valence-electron chi connectivity index (χ0n) is 19.2. The standard InChI is InChI=1S/C23H30N4O4S/c1-14-9-11-17(12-10-14)24-20(19-21(29)25(4)23(31)26(5)22(19)30)32-13-18(28)27-15(2)7-6-8-16(27)3/h9-12,15-16,29H,6-8,13H2,1-5H3/t15-,16-/m0/s1. The van der Waals surface area contributed by atoms with E-state index in [4.69, 9.17) is 0 Å². The van der Waals surface area contributed by atoms with Crippen molar-refractivity contribution in [1.29, 1.82) is 0 Å². The number of aromatic nitrogens is 2. The molecule has 1 amide bonds. The molecular weight excluding hydrogens is 428 g/mol. The van der Waals surface area contributed by atoms with E-state index in [-0.39, 0.29) is 34.4 Å². The molecule has 9 heteroatoms. The van der Waals surface area contributed by atoms with E-state index in [0.717, 1.165) is 45.7 Å².